The zero-order valence-electron chi connectivity index (χ0n) is 9.81. The van der Waals surface area contributed by atoms with Crippen molar-refractivity contribution < 1.29 is 18.0 Å². The molecule has 5 heteroatoms. The summed E-state index contributed by atoms with van der Waals surface area (Å²) in [5.41, 5.74) is 0.0881. The van der Waals surface area contributed by atoms with Gasteiger partial charge in [-0.15, -0.1) is 0 Å². The smallest absolute Gasteiger partial charge is 0.196 e. The van der Waals surface area contributed by atoms with Crippen LogP contribution >= 0.6 is 15.9 Å². The molecule has 98 valence electrons. The highest BCUT2D eigenvalue weighted by atomic mass is 79.9. The molecule has 2 aromatic carbocycles. The zero-order valence-corrected chi connectivity index (χ0v) is 11.4. The minimum absolute atomic E-state index is 0.0156. The molecule has 0 fully saturated rings. The first-order valence-electron chi connectivity index (χ1n) is 5.35. The Hall–Kier alpha value is -1.62. The number of halogens is 4. The molecule has 0 heterocycles. The predicted molar refractivity (Wildman–Crippen MR) is 68.6 cm³/mol. The van der Waals surface area contributed by atoms with Crippen molar-refractivity contribution in [1.82, 2.24) is 0 Å². The largest absolute Gasteiger partial charge is 0.288 e. The molecule has 0 aromatic heterocycles. The van der Waals surface area contributed by atoms with Crippen LogP contribution in [0.3, 0.4) is 0 Å². The summed E-state index contributed by atoms with van der Waals surface area (Å²) in [5.74, 6) is -2.97. The van der Waals surface area contributed by atoms with E-state index in [0.717, 1.165) is 18.2 Å². The molecule has 0 N–H and O–H groups in total. The van der Waals surface area contributed by atoms with Crippen molar-refractivity contribution in [2.24, 2.45) is 0 Å². The maximum atomic E-state index is 13.7. The summed E-state index contributed by atoms with van der Waals surface area (Å²) in [7, 11) is 0. The molecule has 2 rings (SSSR count). The highest BCUT2D eigenvalue weighted by Crippen LogP contribution is 2.22. The van der Waals surface area contributed by atoms with Crippen LogP contribution in [0.5, 0.6) is 0 Å². The van der Waals surface area contributed by atoms with Gasteiger partial charge in [0.1, 0.15) is 17.5 Å². The number of ketones is 1. The Balaban J connectivity index is 2.53. The highest BCUT2D eigenvalue weighted by molar-refractivity contribution is 9.10. The van der Waals surface area contributed by atoms with Crippen LogP contribution in [0.15, 0.2) is 34.8 Å². The van der Waals surface area contributed by atoms with Crippen LogP contribution < -0.4 is 0 Å². The Labute approximate surface area is 116 Å². The summed E-state index contributed by atoms with van der Waals surface area (Å²) < 4.78 is 40.2. The lowest BCUT2D eigenvalue weighted by atomic mass is 10.0. The molecule has 1 nitrogen and oxygen atoms in total. The van der Waals surface area contributed by atoms with Crippen LogP contribution in [0.1, 0.15) is 21.5 Å². The number of hydrogen-bond acceptors (Lipinski definition) is 1. The lowest BCUT2D eigenvalue weighted by Crippen LogP contribution is -2.06. The second-order valence-corrected chi connectivity index (χ2v) is 4.95. The van der Waals surface area contributed by atoms with E-state index in [1.807, 2.05) is 0 Å². The molecule has 0 saturated carbocycles. The van der Waals surface area contributed by atoms with Crippen molar-refractivity contribution in [2.75, 3.05) is 0 Å². The van der Waals surface area contributed by atoms with E-state index >= 15 is 0 Å². The van der Waals surface area contributed by atoms with E-state index in [2.05, 4.69) is 15.9 Å². The van der Waals surface area contributed by atoms with Crippen molar-refractivity contribution in [3.63, 3.8) is 0 Å². The summed E-state index contributed by atoms with van der Waals surface area (Å²) in [6.45, 7) is 1.61. The Bertz CT molecular complexity index is 648. The number of rotatable bonds is 2. The van der Waals surface area contributed by atoms with Crippen LogP contribution in [-0.4, -0.2) is 5.78 Å². The molecule has 19 heavy (non-hydrogen) atoms. The minimum atomic E-state index is -0.861. The molecule has 0 saturated heterocycles. The third kappa shape index (κ3) is 2.87. The fraction of sp³-hybridized carbons (Fsp3) is 0.0714. The number of aryl methyl sites for hydroxylation is 1. The lowest BCUT2D eigenvalue weighted by molar-refractivity contribution is 0.103. The molecule has 0 atom stereocenters. The van der Waals surface area contributed by atoms with E-state index in [1.165, 1.54) is 12.1 Å². The normalized spacial score (nSPS) is 10.6. The van der Waals surface area contributed by atoms with Crippen LogP contribution in [0.4, 0.5) is 13.2 Å². The van der Waals surface area contributed by atoms with Gasteiger partial charge in [-0.3, -0.25) is 4.79 Å². The second-order valence-electron chi connectivity index (χ2n) is 4.09. The van der Waals surface area contributed by atoms with Gasteiger partial charge in [-0.1, -0.05) is 0 Å². The summed E-state index contributed by atoms with van der Waals surface area (Å²) in [5, 5.41) is 0. The molecule has 0 aliphatic heterocycles. The van der Waals surface area contributed by atoms with Gasteiger partial charge >= 0.3 is 0 Å². The standard InChI is InChI=1S/C14H8BrF3O/c1-7-2-8(4-9(16)3-7)14(19)10-5-13(18)11(15)6-12(10)17/h2-6H,1H3. The Morgan fingerprint density at radius 2 is 1.68 bits per heavy atom. The fourth-order valence-corrected chi connectivity index (χ4v) is 2.03. The van der Waals surface area contributed by atoms with Gasteiger partial charge in [0, 0.05) is 5.56 Å². The fourth-order valence-electron chi connectivity index (χ4n) is 1.72. The van der Waals surface area contributed by atoms with Gasteiger partial charge in [0.15, 0.2) is 5.78 Å². The first-order chi connectivity index (χ1) is 8.88. The predicted octanol–water partition coefficient (Wildman–Crippen LogP) is 4.41. The van der Waals surface area contributed by atoms with E-state index in [-0.39, 0.29) is 10.0 Å². The van der Waals surface area contributed by atoms with E-state index in [0.29, 0.717) is 5.56 Å². The van der Waals surface area contributed by atoms with Gasteiger partial charge in [-0.2, -0.15) is 0 Å². The first-order valence-corrected chi connectivity index (χ1v) is 6.14. The molecule has 0 radical (unpaired) electrons. The van der Waals surface area contributed by atoms with Crippen molar-refractivity contribution in [2.45, 2.75) is 6.92 Å². The Kier molecular flexibility index (Phi) is 3.75. The average Bonchev–Trinajstić information content (AvgIpc) is 2.31. The maximum Gasteiger partial charge on any atom is 0.196 e. The van der Waals surface area contributed by atoms with Crippen LogP contribution in [-0.2, 0) is 0 Å². The van der Waals surface area contributed by atoms with Gasteiger partial charge in [0.05, 0.1) is 10.0 Å². The summed E-state index contributed by atoms with van der Waals surface area (Å²) >= 11 is 2.82. The van der Waals surface area contributed by atoms with Crippen LogP contribution in [0.25, 0.3) is 0 Å². The summed E-state index contributed by atoms with van der Waals surface area (Å²) in [6.07, 6.45) is 0. The van der Waals surface area contributed by atoms with Crippen molar-refractivity contribution in [1.29, 1.82) is 0 Å². The molecule has 0 spiro atoms. The van der Waals surface area contributed by atoms with Crippen molar-refractivity contribution >= 4 is 21.7 Å². The second kappa shape index (κ2) is 5.17. The Morgan fingerprint density at radius 3 is 2.32 bits per heavy atom. The summed E-state index contributed by atoms with van der Waals surface area (Å²) in [6, 6.07) is 5.32. The average molecular weight is 329 g/mol. The first kappa shape index (κ1) is 13.8. The molecule has 2 aromatic rings. The van der Waals surface area contributed by atoms with Gasteiger partial charge < -0.3 is 0 Å². The van der Waals surface area contributed by atoms with E-state index in [4.69, 9.17) is 0 Å². The van der Waals surface area contributed by atoms with Crippen LogP contribution in [0.2, 0.25) is 0 Å². The number of benzene rings is 2. The lowest BCUT2D eigenvalue weighted by Gasteiger charge is -2.05. The number of hydrogen-bond donors (Lipinski definition) is 0. The summed E-state index contributed by atoms with van der Waals surface area (Å²) in [4.78, 5) is 12.0. The van der Waals surface area contributed by atoms with Gasteiger partial charge in [-0.25, -0.2) is 13.2 Å². The van der Waals surface area contributed by atoms with Crippen LogP contribution in [0, 0.1) is 24.4 Å². The van der Waals surface area contributed by atoms with E-state index in [9.17, 15) is 18.0 Å². The topological polar surface area (TPSA) is 17.1 Å². The van der Waals surface area contributed by atoms with Crippen molar-refractivity contribution in [3.8, 4) is 0 Å². The zero-order chi connectivity index (χ0) is 14.2. The van der Waals surface area contributed by atoms with Gasteiger partial charge in [0.2, 0.25) is 0 Å². The molecular weight excluding hydrogens is 321 g/mol. The highest BCUT2D eigenvalue weighted by Gasteiger charge is 2.17. The molecule has 0 unspecified atom stereocenters. The molecule has 0 amide bonds. The molecule has 0 aliphatic rings. The third-order valence-electron chi connectivity index (χ3n) is 2.56. The quantitative estimate of drug-likeness (QED) is 0.589. The maximum absolute atomic E-state index is 13.7. The minimum Gasteiger partial charge on any atom is -0.288 e. The SMILES string of the molecule is Cc1cc(F)cc(C(=O)c2cc(F)c(Br)cc2F)c1. The number of carbonyl (C=O) groups is 1. The van der Waals surface area contributed by atoms with E-state index < -0.39 is 28.8 Å². The van der Waals surface area contributed by atoms with Crippen molar-refractivity contribution in [3.05, 3.63) is 68.9 Å². The monoisotopic (exact) mass is 328 g/mol. The molecule has 0 bridgehead atoms. The molecule has 0 aliphatic carbocycles. The Morgan fingerprint density at radius 1 is 1.00 bits per heavy atom. The van der Waals surface area contributed by atoms with Gasteiger partial charge in [-0.05, 0) is 58.7 Å². The molecular formula is C14H8BrF3O. The number of carbonyl (C=O) groups excluding carboxylic acids is 1. The van der Waals surface area contributed by atoms with Gasteiger partial charge in [0.25, 0.3) is 0 Å². The van der Waals surface area contributed by atoms with E-state index in [1.54, 1.807) is 6.92 Å². The third-order valence-corrected chi connectivity index (χ3v) is 3.17.